The van der Waals surface area contributed by atoms with Crippen LogP contribution in [-0.4, -0.2) is 30.3 Å². The van der Waals surface area contributed by atoms with Crippen molar-refractivity contribution < 1.29 is 19.1 Å². The van der Waals surface area contributed by atoms with Gasteiger partial charge in [0.25, 0.3) is 0 Å². The average Bonchev–Trinajstić information content (AvgIpc) is 2.88. The maximum atomic E-state index is 11.6. The molecule has 0 saturated heterocycles. The SMILES string of the molecule is C=C[C@@H]1C[C@]1(NC(=O)OC(C)(C)C)C(=O)OC. The van der Waals surface area contributed by atoms with Crippen LogP contribution in [0.1, 0.15) is 27.2 Å². The van der Waals surface area contributed by atoms with Gasteiger partial charge in [0.15, 0.2) is 0 Å². The van der Waals surface area contributed by atoms with Crippen molar-refractivity contribution in [1.82, 2.24) is 5.32 Å². The quantitative estimate of drug-likeness (QED) is 0.602. The van der Waals surface area contributed by atoms with E-state index >= 15 is 0 Å². The monoisotopic (exact) mass is 241 g/mol. The molecule has 5 nitrogen and oxygen atoms in total. The molecule has 0 radical (unpaired) electrons. The number of hydrogen-bond acceptors (Lipinski definition) is 4. The molecule has 1 aliphatic rings. The number of hydrogen-bond donors (Lipinski definition) is 1. The lowest BCUT2D eigenvalue weighted by Crippen LogP contribution is -2.47. The van der Waals surface area contributed by atoms with E-state index in [-0.39, 0.29) is 5.92 Å². The third-order valence-electron chi connectivity index (χ3n) is 2.57. The molecule has 1 rings (SSSR count). The molecule has 2 atom stereocenters. The van der Waals surface area contributed by atoms with E-state index in [0.717, 1.165) is 0 Å². The first kappa shape index (κ1) is 13.5. The summed E-state index contributed by atoms with van der Waals surface area (Å²) in [4.78, 5) is 23.2. The first-order valence-electron chi connectivity index (χ1n) is 5.47. The summed E-state index contributed by atoms with van der Waals surface area (Å²) in [5.74, 6) is -0.560. The van der Waals surface area contributed by atoms with Crippen LogP contribution in [0.3, 0.4) is 0 Å². The summed E-state index contributed by atoms with van der Waals surface area (Å²) >= 11 is 0. The second-order valence-corrected chi connectivity index (χ2v) is 5.14. The van der Waals surface area contributed by atoms with E-state index in [1.807, 2.05) is 0 Å². The second kappa shape index (κ2) is 4.39. The summed E-state index contributed by atoms with van der Waals surface area (Å²) in [6, 6.07) is 0. The van der Waals surface area contributed by atoms with Crippen molar-refractivity contribution in [3.05, 3.63) is 12.7 Å². The van der Waals surface area contributed by atoms with Gasteiger partial charge in [0, 0.05) is 5.92 Å². The lowest BCUT2D eigenvalue weighted by molar-refractivity contribution is -0.144. The highest BCUT2D eigenvalue weighted by Gasteiger charge is 2.61. The van der Waals surface area contributed by atoms with Crippen LogP contribution in [0.15, 0.2) is 12.7 Å². The third-order valence-corrected chi connectivity index (χ3v) is 2.57. The Morgan fingerprint density at radius 2 is 2.06 bits per heavy atom. The van der Waals surface area contributed by atoms with E-state index in [0.29, 0.717) is 6.42 Å². The lowest BCUT2D eigenvalue weighted by Gasteiger charge is -2.22. The number of alkyl carbamates (subject to hydrolysis) is 1. The molecule has 96 valence electrons. The predicted molar refractivity (Wildman–Crippen MR) is 62.4 cm³/mol. The number of rotatable bonds is 3. The van der Waals surface area contributed by atoms with Gasteiger partial charge >= 0.3 is 12.1 Å². The van der Waals surface area contributed by atoms with Crippen molar-refractivity contribution in [1.29, 1.82) is 0 Å². The molecule has 1 N–H and O–H groups in total. The number of carbonyl (C=O) groups is 2. The van der Waals surface area contributed by atoms with Crippen LogP contribution < -0.4 is 5.32 Å². The fraction of sp³-hybridized carbons (Fsp3) is 0.667. The molecule has 0 aromatic heterocycles. The Kier molecular flexibility index (Phi) is 3.50. The highest BCUT2D eigenvalue weighted by molar-refractivity contribution is 5.90. The van der Waals surface area contributed by atoms with Gasteiger partial charge in [-0.05, 0) is 27.2 Å². The Hall–Kier alpha value is -1.52. The van der Waals surface area contributed by atoms with Crippen LogP contribution in [0.25, 0.3) is 0 Å². The number of methoxy groups -OCH3 is 1. The largest absolute Gasteiger partial charge is 0.467 e. The minimum absolute atomic E-state index is 0.0949. The Bertz CT molecular complexity index is 345. The van der Waals surface area contributed by atoms with Crippen LogP contribution in [0.2, 0.25) is 0 Å². The lowest BCUT2D eigenvalue weighted by atomic mass is 10.2. The van der Waals surface area contributed by atoms with Gasteiger partial charge in [0.05, 0.1) is 7.11 Å². The summed E-state index contributed by atoms with van der Waals surface area (Å²) in [6.07, 6.45) is 1.52. The standard InChI is InChI=1S/C12H19NO4/c1-6-8-7-12(8,9(14)16-5)13-10(15)17-11(2,3)4/h6,8H,1,7H2,2-5H3,(H,13,15)/t8-,12-/m1/s1. The van der Waals surface area contributed by atoms with Gasteiger partial charge in [0.2, 0.25) is 0 Å². The van der Waals surface area contributed by atoms with Crippen molar-refractivity contribution in [2.24, 2.45) is 5.92 Å². The van der Waals surface area contributed by atoms with Gasteiger partial charge in [-0.15, -0.1) is 6.58 Å². The summed E-state index contributed by atoms with van der Waals surface area (Å²) in [5.41, 5.74) is -1.58. The minimum Gasteiger partial charge on any atom is -0.467 e. The number of amides is 1. The van der Waals surface area contributed by atoms with Crippen LogP contribution >= 0.6 is 0 Å². The highest BCUT2D eigenvalue weighted by atomic mass is 16.6. The summed E-state index contributed by atoms with van der Waals surface area (Å²) < 4.78 is 9.79. The Morgan fingerprint density at radius 1 is 1.47 bits per heavy atom. The Balaban J connectivity index is 2.68. The van der Waals surface area contributed by atoms with E-state index in [2.05, 4.69) is 16.6 Å². The van der Waals surface area contributed by atoms with Crippen molar-refractivity contribution in [2.75, 3.05) is 7.11 Å². The van der Waals surface area contributed by atoms with E-state index in [4.69, 9.17) is 4.74 Å². The first-order valence-corrected chi connectivity index (χ1v) is 5.47. The molecular weight excluding hydrogens is 222 g/mol. The molecular formula is C12H19NO4. The molecule has 0 aromatic carbocycles. The molecule has 1 amide bonds. The Morgan fingerprint density at radius 3 is 2.41 bits per heavy atom. The number of ether oxygens (including phenoxy) is 2. The number of carbonyl (C=O) groups excluding carboxylic acids is 2. The van der Waals surface area contributed by atoms with Gasteiger partial charge in [-0.3, -0.25) is 0 Å². The van der Waals surface area contributed by atoms with E-state index < -0.39 is 23.2 Å². The molecule has 0 aromatic rings. The normalized spacial score (nSPS) is 26.9. The van der Waals surface area contributed by atoms with Crippen molar-refractivity contribution in [2.45, 2.75) is 38.3 Å². The van der Waals surface area contributed by atoms with Crippen molar-refractivity contribution in [3.8, 4) is 0 Å². The smallest absolute Gasteiger partial charge is 0.408 e. The van der Waals surface area contributed by atoms with Gasteiger partial charge in [-0.1, -0.05) is 6.08 Å². The maximum absolute atomic E-state index is 11.6. The zero-order chi connectivity index (χ0) is 13.3. The van der Waals surface area contributed by atoms with Gasteiger partial charge in [-0.25, -0.2) is 9.59 Å². The average molecular weight is 241 g/mol. The molecule has 1 aliphatic carbocycles. The zero-order valence-corrected chi connectivity index (χ0v) is 10.7. The molecule has 0 heterocycles. The summed E-state index contributed by atoms with van der Waals surface area (Å²) in [6.45, 7) is 8.89. The molecule has 0 bridgehead atoms. The molecule has 17 heavy (non-hydrogen) atoms. The van der Waals surface area contributed by atoms with Crippen LogP contribution in [0, 0.1) is 5.92 Å². The predicted octanol–water partition coefficient (Wildman–Crippen LogP) is 1.63. The fourth-order valence-corrected chi connectivity index (χ4v) is 1.67. The van der Waals surface area contributed by atoms with Gasteiger partial charge in [-0.2, -0.15) is 0 Å². The van der Waals surface area contributed by atoms with E-state index in [1.54, 1.807) is 26.8 Å². The molecule has 0 unspecified atom stereocenters. The first-order chi connectivity index (χ1) is 7.75. The van der Waals surface area contributed by atoms with Gasteiger partial charge in [0.1, 0.15) is 11.1 Å². The van der Waals surface area contributed by atoms with Gasteiger partial charge < -0.3 is 14.8 Å². The molecule has 1 saturated carbocycles. The number of esters is 1. The topological polar surface area (TPSA) is 64.6 Å². The molecule has 0 aliphatic heterocycles. The Labute approximate surface area is 101 Å². The van der Waals surface area contributed by atoms with E-state index in [9.17, 15) is 9.59 Å². The fourth-order valence-electron chi connectivity index (χ4n) is 1.67. The van der Waals surface area contributed by atoms with Crippen LogP contribution in [0.4, 0.5) is 4.79 Å². The second-order valence-electron chi connectivity index (χ2n) is 5.14. The van der Waals surface area contributed by atoms with Crippen molar-refractivity contribution in [3.63, 3.8) is 0 Å². The third kappa shape index (κ3) is 2.99. The molecule has 5 heteroatoms. The minimum atomic E-state index is -0.987. The summed E-state index contributed by atoms with van der Waals surface area (Å²) in [7, 11) is 1.29. The van der Waals surface area contributed by atoms with Crippen LogP contribution in [-0.2, 0) is 14.3 Å². The molecule has 0 spiro atoms. The van der Waals surface area contributed by atoms with Crippen molar-refractivity contribution >= 4 is 12.1 Å². The molecule has 1 fully saturated rings. The zero-order valence-electron chi connectivity index (χ0n) is 10.7. The summed E-state index contributed by atoms with van der Waals surface area (Å²) in [5, 5.41) is 2.57. The van der Waals surface area contributed by atoms with E-state index in [1.165, 1.54) is 7.11 Å². The maximum Gasteiger partial charge on any atom is 0.408 e. The highest BCUT2D eigenvalue weighted by Crippen LogP contribution is 2.45. The number of nitrogens with one attached hydrogen (secondary N) is 1. The van der Waals surface area contributed by atoms with Crippen LogP contribution in [0.5, 0.6) is 0 Å².